The lowest BCUT2D eigenvalue weighted by Gasteiger charge is -2.05. The molecule has 2 rings (SSSR count). The van der Waals surface area contributed by atoms with Gasteiger partial charge in [0.25, 0.3) is 5.56 Å². The number of benzene rings is 1. The zero-order valence-electron chi connectivity index (χ0n) is 11.3. The lowest BCUT2D eigenvalue weighted by Crippen LogP contribution is -2.18. The molecule has 0 bridgehead atoms. The number of pyridine rings is 1. The first-order valence-electron chi connectivity index (χ1n) is 5.99. The van der Waals surface area contributed by atoms with Gasteiger partial charge in [0.15, 0.2) is 0 Å². The molecule has 19 heavy (non-hydrogen) atoms. The third kappa shape index (κ3) is 2.91. The minimum absolute atomic E-state index is 0.136. The van der Waals surface area contributed by atoms with Crippen LogP contribution < -0.4 is 10.3 Å². The van der Waals surface area contributed by atoms with Crippen LogP contribution in [-0.2, 0) is 0 Å². The van der Waals surface area contributed by atoms with Gasteiger partial charge in [-0.15, -0.1) is 0 Å². The zero-order valence-corrected chi connectivity index (χ0v) is 11.3. The Morgan fingerprint density at radius 3 is 2.63 bits per heavy atom. The Bertz CT molecular complexity index is 672. The van der Waals surface area contributed by atoms with Gasteiger partial charge in [-0.05, 0) is 37.6 Å². The van der Waals surface area contributed by atoms with E-state index in [1.807, 2.05) is 44.2 Å². The van der Waals surface area contributed by atoms with Gasteiger partial charge < -0.3 is 4.74 Å². The molecule has 4 heteroatoms. The molecule has 0 saturated carbocycles. The van der Waals surface area contributed by atoms with E-state index < -0.39 is 0 Å². The summed E-state index contributed by atoms with van der Waals surface area (Å²) in [4.78, 5) is 11.9. The second-order valence-corrected chi connectivity index (χ2v) is 4.31. The van der Waals surface area contributed by atoms with Crippen molar-refractivity contribution in [2.75, 3.05) is 7.11 Å². The number of methoxy groups -OCH3 is 1. The highest BCUT2D eigenvalue weighted by Crippen LogP contribution is 2.14. The van der Waals surface area contributed by atoms with E-state index in [1.54, 1.807) is 19.4 Å². The van der Waals surface area contributed by atoms with Crippen molar-refractivity contribution in [1.82, 2.24) is 4.68 Å². The number of aromatic nitrogens is 1. The largest absolute Gasteiger partial charge is 0.496 e. The lowest BCUT2D eigenvalue weighted by molar-refractivity contribution is 0.414. The van der Waals surface area contributed by atoms with E-state index in [9.17, 15) is 4.79 Å². The minimum atomic E-state index is -0.136. The average Bonchev–Trinajstić information content (AvgIpc) is 2.38. The SMILES string of the molecule is COc1ccccc1C=Nn1c(C)cc(C)cc1=O. The summed E-state index contributed by atoms with van der Waals surface area (Å²) < 4.78 is 6.61. The summed E-state index contributed by atoms with van der Waals surface area (Å²) in [6, 6.07) is 11.0. The Morgan fingerprint density at radius 2 is 1.95 bits per heavy atom. The molecule has 0 amide bonds. The highest BCUT2D eigenvalue weighted by Gasteiger charge is 2.01. The molecule has 0 aliphatic heterocycles. The highest BCUT2D eigenvalue weighted by molar-refractivity contribution is 5.83. The second kappa shape index (κ2) is 5.52. The summed E-state index contributed by atoms with van der Waals surface area (Å²) in [5, 5.41) is 4.22. The van der Waals surface area contributed by atoms with Gasteiger partial charge in [-0.2, -0.15) is 5.10 Å². The van der Waals surface area contributed by atoms with Crippen LogP contribution in [-0.4, -0.2) is 18.0 Å². The van der Waals surface area contributed by atoms with Gasteiger partial charge in [-0.1, -0.05) is 12.1 Å². The van der Waals surface area contributed by atoms with Gasteiger partial charge >= 0.3 is 0 Å². The summed E-state index contributed by atoms with van der Waals surface area (Å²) >= 11 is 0. The van der Waals surface area contributed by atoms with E-state index >= 15 is 0 Å². The standard InChI is InChI=1S/C15H16N2O2/c1-11-8-12(2)17(15(18)9-11)16-10-13-6-4-5-7-14(13)19-3/h4-10H,1-3H3. The normalized spacial score (nSPS) is 10.9. The quantitative estimate of drug-likeness (QED) is 0.791. The van der Waals surface area contributed by atoms with Crippen LogP contribution in [0.15, 0.2) is 46.3 Å². The van der Waals surface area contributed by atoms with Gasteiger partial charge in [-0.25, -0.2) is 4.68 Å². The Morgan fingerprint density at radius 1 is 1.21 bits per heavy atom. The maximum atomic E-state index is 11.9. The third-order valence-corrected chi connectivity index (χ3v) is 2.78. The van der Waals surface area contributed by atoms with E-state index in [1.165, 1.54) is 4.68 Å². The Kier molecular flexibility index (Phi) is 3.80. The van der Waals surface area contributed by atoms with Gasteiger partial charge in [0.2, 0.25) is 0 Å². The number of ether oxygens (including phenoxy) is 1. The molecule has 0 unspecified atom stereocenters. The number of hydrogen-bond donors (Lipinski definition) is 0. The van der Waals surface area contributed by atoms with Crippen molar-refractivity contribution in [1.29, 1.82) is 0 Å². The Labute approximate surface area is 112 Å². The van der Waals surface area contributed by atoms with Crippen LogP contribution in [0.2, 0.25) is 0 Å². The van der Waals surface area contributed by atoms with E-state index in [0.717, 1.165) is 22.6 Å². The molecule has 0 aliphatic rings. The van der Waals surface area contributed by atoms with Crippen LogP contribution in [0.4, 0.5) is 0 Å². The van der Waals surface area contributed by atoms with Gasteiger partial charge in [0, 0.05) is 17.3 Å². The smallest absolute Gasteiger partial charge is 0.271 e. The number of hydrogen-bond acceptors (Lipinski definition) is 3. The number of rotatable bonds is 3. The molecule has 1 aromatic carbocycles. The summed E-state index contributed by atoms with van der Waals surface area (Å²) in [6.45, 7) is 3.75. The van der Waals surface area contributed by atoms with Crippen LogP contribution in [0.1, 0.15) is 16.8 Å². The fourth-order valence-corrected chi connectivity index (χ4v) is 1.90. The van der Waals surface area contributed by atoms with Gasteiger partial charge in [-0.3, -0.25) is 4.79 Å². The van der Waals surface area contributed by atoms with Crippen molar-refractivity contribution < 1.29 is 4.74 Å². The van der Waals surface area contributed by atoms with Crippen LogP contribution in [0.3, 0.4) is 0 Å². The maximum Gasteiger partial charge on any atom is 0.271 e. The first-order chi connectivity index (χ1) is 9.11. The van der Waals surface area contributed by atoms with E-state index in [4.69, 9.17) is 4.74 Å². The van der Waals surface area contributed by atoms with E-state index in [0.29, 0.717) is 0 Å². The van der Waals surface area contributed by atoms with Gasteiger partial charge in [0.1, 0.15) is 5.75 Å². The molecule has 4 nitrogen and oxygen atoms in total. The van der Waals surface area contributed by atoms with Crippen molar-refractivity contribution in [3.05, 3.63) is 63.6 Å². The van der Waals surface area contributed by atoms with Crippen LogP contribution >= 0.6 is 0 Å². The highest BCUT2D eigenvalue weighted by atomic mass is 16.5. The molecule has 0 spiro atoms. The molecule has 0 radical (unpaired) electrons. The first-order valence-corrected chi connectivity index (χ1v) is 5.99. The predicted octanol–water partition coefficient (Wildman–Crippen LogP) is 2.36. The van der Waals surface area contributed by atoms with Crippen molar-refractivity contribution in [2.45, 2.75) is 13.8 Å². The maximum absolute atomic E-state index is 11.9. The summed E-state index contributed by atoms with van der Waals surface area (Å²) in [5.41, 5.74) is 2.43. The van der Waals surface area contributed by atoms with E-state index in [2.05, 4.69) is 5.10 Å². The number of nitrogens with zero attached hydrogens (tertiary/aromatic N) is 2. The summed E-state index contributed by atoms with van der Waals surface area (Å²) in [5.74, 6) is 0.726. The zero-order chi connectivity index (χ0) is 13.8. The van der Waals surface area contributed by atoms with Crippen LogP contribution in [0.25, 0.3) is 0 Å². The molecule has 0 saturated heterocycles. The molecule has 2 aromatic rings. The molecule has 0 fully saturated rings. The Balaban J connectivity index is 2.41. The molecular weight excluding hydrogens is 240 g/mol. The topological polar surface area (TPSA) is 43.6 Å². The number of para-hydroxylation sites is 1. The average molecular weight is 256 g/mol. The first kappa shape index (κ1) is 13.1. The summed E-state index contributed by atoms with van der Waals surface area (Å²) in [6.07, 6.45) is 1.63. The Hall–Kier alpha value is -2.36. The van der Waals surface area contributed by atoms with E-state index in [-0.39, 0.29) is 5.56 Å². The van der Waals surface area contributed by atoms with Gasteiger partial charge in [0.05, 0.1) is 13.3 Å². The predicted molar refractivity (Wildman–Crippen MR) is 76.2 cm³/mol. The number of aryl methyl sites for hydroxylation is 2. The molecule has 0 aliphatic carbocycles. The van der Waals surface area contributed by atoms with Crippen molar-refractivity contribution in [2.24, 2.45) is 5.10 Å². The van der Waals surface area contributed by atoms with Crippen LogP contribution in [0, 0.1) is 13.8 Å². The van der Waals surface area contributed by atoms with Crippen molar-refractivity contribution >= 4 is 6.21 Å². The fourth-order valence-electron chi connectivity index (χ4n) is 1.90. The second-order valence-electron chi connectivity index (χ2n) is 4.31. The van der Waals surface area contributed by atoms with Crippen molar-refractivity contribution in [3.8, 4) is 5.75 Å². The lowest BCUT2D eigenvalue weighted by atomic mass is 10.2. The monoisotopic (exact) mass is 256 g/mol. The fraction of sp³-hybridized carbons (Fsp3) is 0.200. The molecule has 0 atom stereocenters. The molecular formula is C15H16N2O2. The third-order valence-electron chi connectivity index (χ3n) is 2.78. The molecule has 98 valence electrons. The summed E-state index contributed by atoms with van der Waals surface area (Å²) in [7, 11) is 1.61. The molecule has 0 N–H and O–H groups in total. The minimum Gasteiger partial charge on any atom is -0.496 e. The van der Waals surface area contributed by atoms with Crippen LogP contribution in [0.5, 0.6) is 5.75 Å². The molecule has 1 aromatic heterocycles. The molecule has 1 heterocycles. The van der Waals surface area contributed by atoms with Crippen molar-refractivity contribution in [3.63, 3.8) is 0 Å².